The minimum absolute atomic E-state index is 1.16. The van der Waals surface area contributed by atoms with Crippen molar-refractivity contribution in [3.05, 3.63) is 176 Å². The van der Waals surface area contributed by atoms with E-state index in [-0.39, 0.29) is 0 Å². The molecule has 8 aromatic carbocycles. The third kappa shape index (κ3) is 3.77. The van der Waals surface area contributed by atoms with Crippen LogP contribution in [0.1, 0.15) is 0 Å². The molecular formula is C48H29N3S. The van der Waals surface area contributed by atoms with Crippen LogP contribution < -0.4 is 4.90 Å². The van der Waals surface area contributed by atoms with E-state index in [1.54, 1.807) is 0 Å². The van der Waals surface area contributed by atoms with E-state index in [1.165, 1.54) is 98.4 Å². The number of benzene rings is 8. The molecule has 0 N–H and O–H groups in total. The molecule has 2 aromatic heterocycles. The van der Waals surface area contributed by atoms with Gasteiger partial charge in [0.15, 0.2) is 0 Å². The number of para-hydroxylation sites is 5. The number of fused-ring (bicyclic) bond motifs is 13. The molecule has 10 aromatic rings. The second kappa shape index (κ2) is 10.5. The zero-order valence-corrected chi connectivity index (χ0v) is 28.8. The van der Waals surface area contributed by atoms with Crippen molar-refractivity contribution >= 4 is 72.4 Å². The topological polar surface area (TPSA) is 13.1 Å². The van der Waals surface area contributed by atoms with Crippen molar-refractivity contribution in [1.29, 1.82) is 0 Å². The fourth-order valence-corrected chi connectivity index (χ4v) is 10.0. The van der Waals surface area contributed by atoms with E-state index in [0.29, 0.717) is 0 Å². The third-order valence-electron chi connectivity index (χ3n) is 11.0. The van der Waals surface area contributed by atoms with E-state index in [9.17, 15) is 0 Å². The number of rotatable bonds is 2. The van der Waals surface area contributed by atoms with Gasteiger partial charge in [0.2, 0.25) is 0 Å². The van der Waals surface area contributed by atoms with Gasteiger partial charge in [-0.2, -0.15) is 0 Å². The number of hydrogen-bond donors (Lipinski definition) is 0. The number of hydrogen-bond acceptors (Lipinski definition) is 2. The monoisotopic (exact) mass is 679 g/mol. The molecular weight excluding hydrogens is 651 g/mol. The van der Waals surface area contributed by atoms with Crippen LogP contribution in [0.3, 0.4) is 0 Å². The minimum Gasteiger partial charge on any atom is -0.309 e. The Balaban J connectivity index is 1.16. The first-order chi connectivity index (χ1) is 25.8. The number of anilines is 3. The van der Waals surface area contributed by atoms with Crippen LogP contribution in [0.5, 0.6) is 0 Å². The molecule has 3 nitrogen and oxygen atoms in total. The van der Waals surface area contributed by atoms with Crippen LogP contribution in [0, 0.1) is 0 Å². The van der Waals surface area contributed by atoms with Gasteiger partial charge in [-0.05, 0) is 71.8 Å². The van der Waals surface area contributed by atoms with E-state index in [2.05, 4.69) is 190 Å². The molecule has 0 saturated heterocycles. The molecule has 4 heteroatoms. The predicted molar refractivity (Wildman–Crippen MR) is 218 cm³/mol. The highest BCUT2D eigenvalue weighted by Gasteiger charge is 2.34. The van der Waals surface area contributed by atoms with Gasteiger partial charge in [0.25, 0.3) is 0 Å². The molecule has 0 amide bonds. The SMILES string of the molecule is c1ccc2c(c1)-c1ccccc1N1c3ccc(-n4c5ccccc5c5ccccc54)cc3Sc3cc(-n4c5ccccc5c5ccccc54)cc-2c31. The molecule has 0 saturated carbocycles. The quantitative estimate of drug-likeness (QED) is 0.180. The number of nitrogens with zero attached hydrogens (tertiary/aromatic N) is 3. The van der Waals surface area contributed by atoms with Gasteiger partial charge < -0.3 is 14.0 Å². The first-order valence-corrected chi connectivity index (χ1v) is 18.6. The van der Waals surface area contributed by atoms with Crippen molar-refractivity contribution in [2.45, 2.75) is 9.79 Å². The maximum atomic E-state index is 2.52. The molecule has 52 heavy (non-hydrogen) atoms. The zero-order chi connectivity index (χ0) is 33.9. The van der Waals surface area contributed by atoms with Gasteiger partial charge in [-0.15, -0.1) is 0 Å². The van der Waals surface area contributed by atoms with E-state index in [4.69, 9.17) is 0 Å². The summed E-state index contributed by atoms with van der Waals surface area (Å²) < 4.78 is 4.88. The summed E-state index contributed by atoms with van der Waals surface area (Å²) in [6, 6.07) is 64.8. The van der Waals surface area contributed by atoms with Crippen LogP contribution in [0.25, 0.3) is 77.2 Å². The highest BCUT2D eigenvalue weighted by atomic mass is 32.2. The Labute approximate surface area is 304 Å². The Bertz CT molecular complexity index is 3020. The molecule has 2 aliphatic heterocycles. The predicted octanol–water partition coefficient (Wildman–Crippen LogP) is 13.5. The molecule has 0 bridgehead atoms. The van der Waals surface area contributed by atoms with Crippen LogP contribution in [-0.4, -0.2) is 9.13 Å². The zero-order valence-electron chi connectivity index (χ0n) is 28.0. The molecule has 0 fully saturated rings. The van der Waals surface area contributed by atoms with Gasteiger partial charge in [0, 0.05) is 53.8 Å². The molecule has 0 atom stereocenters. The van der Waals surface area contributed by atoms with Gasteiger partial charge in [-0.25, -0.2) is 0 Å². The summed E-state index contributed by atoms with van der Waals surface area (Å²) in [4.78, 5) is 5.00. The van der Waals surface area contributed by atoms with Crippen molar-refractivity contribution in [2.24, 2.45) is 0 Å². The van der Waals surface area contributed by atoms with Crippen molar-refractivity contribution in [1.82, 2.24) is 9.13 Å². The smallest absolute Gasteiger partial charge is 0.0682 e. The van der Waals surface area contributed by atoms with Crippen LogP contribution in [0.2, 0.25) is 0 Å². The molecule has 0 aliphatic carbocycles. The lowest BCUT2D eigenvalue weighted by Gasteiger charge is -2.35. The lowest BCUT2D eigenvalue weighted by Crippen LogP contribution is -2.16. The van der Waals surface area contributed by atoms with Gasteiger partial charge in [-0.1, -0.05) is 127 Å². The Morgan fingerprint density at radius 2 is 0.788 bits per heavy atom. The van der Waals surface area contributed by atoms with Crippen LogP contribution in [0.15, 0.2) is 186 Å². The summed E-state index contributed by atoms with van der Waals surface area (Å²) in [7, 11) is 0. The third-order valence-corrected chi connectivity index (χ3v) is 12.1. The van der Waals surface area contributed by atoms with Crippen molar-refractivity contribution in [3.8, 4) is 33.6 Å². The molecule has 0 spiro atoms. The Hall–Kier alpha value is -6.49. The average molecular weight is 680 g/mol. The van der Waals surface area contributed by atoms with Crippen LogP contribution in [0.4, 0.5) is 17.1 Å². The second-order valence-corrected chi connectivity index (χ2v) is 14.8. The molecule has 0 unspecified atom stereocenters. The Morgan fingerprint density at radius 3 is 1.38 bits per heavy atom. The van der Waals surface area contributed by atoms with E-state index in [1.807, 2.05) is 11.8 Å². The first-order valence-electron chi connectivity index (χ1n) is 17.8. The lowest BCUT2D eigenvalue weighted by molar-refractivity contribution is 1.11. The average Bonchev–Trinajstić information content (AvgIpc) is 3.68. The van der Waals surface area contributed by atoms with Crippen LogP contribution >= 0.6 is 11.8 Å². The lowest BCUT2D eigenvalue weighted by atomic mass is 9.94. The minimum atomic E-state index is 1.16. The highest BCUT2D eigenvalue weighted by Crippen LogP contribution is 2.60. The molecule has 0 radical (unpaired) electrons. The fourth-order valence-electron chi connectivity index (χ4n) is 8.88. The van der Waals surface area contributed by atoms with Crippen molar-refractivity contribution in [2.75, 3.05) is 4.90 Å². The Morgan fingerprint density at radius 1 is 0.327 bits per heavy atom. The van der Waals surface area contributed by atoms with Crippen molar-refractivity contribution < 1.29 is 0 Å². The summed E-state index contributed by atoms with van der Waals surface area (Å²) in [6.45, 7) is 0. The van der Waals surface area contributed by atoms with Crippen molar-refractivity contribution in [3.63, 3.8) is 0 Å². The summed E-state index contributed by atoms with van der Waals surface area (Å²) in [5, 5.41) is 5.08. The van der Waals surface area contributed by atoms with Gasteiger partial charge in [-0.3, -0.25) is 0 Å². The van der Waals surface area contributed by atoms with E-state index < -0.39 is 0 Å². The Kier molecular flexibility index (Phi) is 5.71. The second-order valence-electron chi connectivity index (χ2n) is 13.7. The van der Waals surface area contributed by atoms with Gasteiger partial charge in [0.05, 0.1) is 39.1 Å². The van der Waals surface area contributed by atoms with Gasteiger partial charge in [0.1, 0.15) is 0 Å². The first kappa shape index (κ1) is 28.2. The molecule has 242 valence electrons. The van der Waals surface area contributed by atoms with E-state index >= 15 is 0 Å². The summed E-state index contributed by atoms with van der Waals surface area (Å²) in [5.41, 5.74) is 15.8. The molecule has 12 rings (SSSR count). The number of aromatic nitrogens is 2. The highest BCUT2D eigenvalue weighted by molar-refractivity contribution is 7.99. The maximum Gasteiger partial charge on any atom is 0.0682 e. The van der Waals surface area contributed by atoms with Crippen LogP contribution in [-0.2, 0) is 0 Å². The fraction of sp³-hybridized carbons (Fsp3) is 0. The van der Waals surface area contributed by atoms with Gasteiger partial charge >= 0.3 is 0 Å². The maximum absolute atomic E-state index is 2.52. The molecule has 2 aliphatic rings. The summed E-state index contributed by atoms with van der Waals surface area (Å²) >= 11 is 1.88. The standard InChI is InChI=1S/C48H29N3S/c1-2-14-33-32(13-1)34-15-3-12-24-44(34)51-45-26-25-30(49-40-20-8-4-16-35(40)36-17-5-9-21-41(36)49)28-46(45)52-47-29-31(27-39(33)48(47)51)50-42-22-10-6-18-37(42)38-19-7-11-23-43(38)50/h1-29H. The molecule has 4 heterocycles. The normalized spacial score (nSPS) is 12.9. The summed E-state index contributed by atoms with van der Waals surface area (Å²) in [6.07, 6.45) is 0. The summed E-state index contributed by atoms with van der Waals surface area (Å²) in [5.74, 6) is 0. The van der Waals surface area contributed by atoms with E-state index in [0.717, 1.165) is 5.69 Å². The largest absolute Gasteiger partial charge is 0.309 e.